The van der Waals surface area contributed by atoms with Crippen LogP contribution in [0.1, 0.15) is 24.1 Å². The highest BCUT2D eigenvalue weighted by molar-refractivity contribution is 8.01. The summed E-state index contributed by atoms with van der Waals surface area (Å²) in [5, 5.41) is 15.1. The molecule has 0 fully saturated rings. The Morgan fingerprint density at radius 2 is 1.51 bits per heavy atom. The fraction of sp³-hybridized carbons (Fsp3) is 0.147. The maximum absolute atomic E-state index is 13.1. The lowest BCUT2D eigenvalue weighted by atomic mass is 9.99. The van der Waals surface area contributed by atoms with E-state index < -0.39 is 5.25 Å². The van der Waals surface area contributed by atoms with Crippen LogP contribution in [0.2, 0.25) is 0 Å². The first-order valence-electron chi connectivity index (χ1n) is 14.3. The number of carbonyl (C=O) groups excluding carboxylic acids is 2. The lowest BCUT2D eigenvalue weighted by Crippen LogP contribution is -2.30. The van der Waals surface area contributed by atoms with E-state index in [0.29, 0.717) is 10.8 Å². The Morgan fingerprint density at radius 3 is 2.18 bits per heavy atom. The zero-order valence-electron chi connectivity index (χ0n) is 24.6. The summed E-state index contributed by atoms with van der Waals surface area (Å²) in [6.07, 6.45) is 0. The Hall–Kier alpha value is -4.45. The Kier molecular flexibility index (Phi) is 9.58. The second-order valence-corrected chi connectivity index (χ2v) is 13.8. The van der Waals surface area contributed by atoms with E-state index in [1.807, 2.05) is 128 Å². The number of amides is 2. The summed E-state index contributed by atoms with van der Waals surface area (Å²) in [5.41, 5.74) is 4.53. The van der Waals surface area contributed by atoms with Crippen LogP contribution in [0.3, 0.4) is 0 Å². The van der Waals surface area contributed by atoms with Gasteiger partial charge in [0.05, 0.1) is 27.3 Å². The van der Waals surface area contributed by atoms with Crippen LogP contribution in [0.25, 0.3) is 21.6 Å². The van der Waals surface area contributed by atoms with Crippen molar-refractivity contribution in [3.05, 3.63) is 120 Å². The number of nitrogens with one attached hydrogen (secondary N) is 2. The second kappa shape index (κ2) is 14.1. The van der Waals surface area contributed by atoms with E-state index in [9.17, 15) is 9.59 Å². The zero-order valence-corrected chi connectivity index (χ0v) is 27.0. The quantitative estimate of drug-likeness (QED) is 0.143. The summed E-state index contributed by atoms with van der Waals surface area (Å²) < 4.78 is 3.62. The number of hydrogen-bond acceptors (Lipinski definition) is 8. The summed E-state index contributed by atoms with van der Waals surface area (Å²) in [7, 11) is 1.90. The molecule has 8 nitrogen and oxygen atoms in total. The fourth-order valence-electron chi connectivity index (χ4n) is 4.73. The minimum atomic E-state index is -0.395. The van der Waals surface area contributed by atoms with Gasteiger partial charge in [-0.3, -0.25) is 9.59 Å². The van der Waals surface area contributed by atoms with Gasteiger partial charge in [-0.05, 0) is 36.2 Å². The Morgan fingerprint density at radius 1 is 0.867 bits per heavy atom. The van der Waals surface area contributed by atoms with Gasteiger partial charge < -0.3 is 15.2 Å². The van der Waals surface area contributed by atoms with Crippen LogP contribution in [0, 0.1) is 0 Å². The molecule has 4 aromatic carbocycles. The standard InChI is InChI=1S/C34H30N6O2S3/c1-22(44-33-39-38-31(40(33)2)25-16-10-5-11-17-25)32(42)35-26-18-19-27-28(20-26)45-34(36-27)43-21-29(41)37-30(23-12-6-3-7-13-23)24-14-8-4-9-15-24/h3-20,22,30H,21H2,1-2H3,(H,35,42)(H,37,41)/t22-/m0/s1. The lowest BCUT2D eigenvalue weighted by molar-refractivity contribution is -0.119. The van der Waals surface area contributed by atoms with E-state index in [1.165, 1.54) is 34.9 Å². The van der Waals surface area contributed by atoms with Gasteiger partial charge in [0.15, 0.2) is 15.3 Å². The van der Waals surface area contributed by atoms with Crippen molar-refractivity contribution in [2.24, 2.45) is 7.05 Å². The molecule has 11 heteroatoms. The van der Waals surface area contributed by atoms with E-state index >= 15 is 0 Å². The molecule has 45 heavy (non-hydrogen) atoms. The van der Waals surface area contributed by atoms with Gasteiger partial charge in [-0.25, -0.2) is 4.98 Å². The molecule has 0 saturated carbocycles. The number of fused-ring (bicyclic) bond motifs is 1. The molecule has 226 valence electrons. The van der Waals surface area contributed by atoms with Gasteiger partial charge in [0.25, 0.3) is 0 Å². The van der Waals surface area contributed by atoms with Crippen molar-refractivity contribution < 1.29 is 9.59 Å². The number of hydrogen-bond donors (Lipinski definition) is 2. The predicted molar refractivity (Wildman–Crippen MR) is 184 cm³/mol. The van der Waals surface area contributed by atoms with Crippen LogP contribution in [0.4, 0.5) is 5.69 Å². The van der Waals surface area contributed by atoms with E-state index in [-0.39, 0.29) is 23.6 Å². The average molecular weight is 651 g/mol. The SMILES string of the molecule is C[C@H](Sc1nnc(-c2ccccc2)n1C)C(=O)Nc1ccc2nc(SCC(=O)NC(c3ccccc3)c3ccccc3)sc2c1. The second-order valence-electron chi connectivity index (χ2n) is 10.3. The molecular weight excluding hydrogens is 621 g/mol. The summed E-state index contributed by atoms with van der Waals surface area (Å²) in [6, 6.07) is 35.2. The van der Waals surface area contributed by atoms with Crippen molar-refractivity contribution in [3.63, 3.8) is 0 Å². The molecule has 2 N–H and O–H groups in total. The highest BCUT2D eigenvalue weighted by Crippen LogP contribution is 2.32. The van der Waals surface area contributed by atoms with E-state index in [0.717, 1.165) is 37.1 Å². The molecule has 0 spiro atoms. The monoisotopic (exact) mass is 650 g/mol. The molecule has 0 aliphatic heterocycles. The smallest absolute Gasteiger partial charge is 0.237 e. The van der Waals surface area contributed by atoms with E-state index in [1.54, 1.807) is 0 Å². The van der Waals surface area contributed by atoms with Crippen molar-refractivity contribution in [2.75, 3.05) is 11.1 Å². The molecule has 0 aliphatic carbocycles. The summed E-state index contributed by atoms with van der Waals surface area (Å²) >= 11 is 4.26. The van der Waals surface area contributed by atoms with Gasteiger partial charge in [0.1, 0.15) is 0 Å². The molecule has 2 aromatic heterocycles. The number of anilines is 1. The predicted octanol–water partition coefficient (Wildman–Crippen LogP) is 7.21. The highest BCUT2D eigenvalue weighted by atomic mass is 32.2. The third kappa shape index (κ3) is 7.44. The minimum absolute atomic E-state index is 0.0739. The van der Waals surface area contributed by atoms with Crippen LogP contribution in [0.15, 0.2) is 119 Å². The van der Waals surface area contributed by atoms with Gasteiger partial charge in [-0.1, -0.05) is 115 Å². The van der Waals surface area contributed by atoms with Gasteiger partial charge in [-0.2, -0.15) is 0 Å². The van der Waals surface area contributed by atoms with Gasteiger partial charge >= 0.3 is 0 Å². The van der Waals surface area contributed by atoms with Gasteiger partial charge in [-0.15, -0.1) is 21.5 Å². The normalized spacial score (nSPS) is 11.9. The molecule has 6 rings (SSSR count). The molecule has 0 bridgehead atoms. The van der Waals surface area contributed by atoms with Crippen molar-refractivity contribution in [2.45, 2.75) is 27.7 Å². The number of thiazole rings is 1. The average Bonchev–Trinajstić information content (AvgIpc) is 3.66. The number of nitrogens with zero attached hydrogens (tertiary/aromatic N) is 4. The molecule has 0 radical (unpaired) electrons. The molecule has 0 aliphatic rings. The molecule has 0 saturated heterocycles. The number of rotatable bonds is 11. The Balaban J connectivity index is 1.06. The first-order valence-corrected chi connectivity index (χ1v) is 17.0. The number of carbonyl (C=O) groups is 2. The maximum Gasteiger partial charge on any atom is 0.237 e. The van der Waals surface area contributed by atoms with Crippen molar-refractivity contribution in [1.29, 1.82) is 0 Å². The number of aromatic nitrogens is 4. The third-order valence-electron chi connectivity index (χ3n) is 7.05. The van der Waals surface area contributed by atoms with Crippen LogP contribution in [-0.4, -0.2) is 42.6 Å². The summed E-state index contributed by atoms with van der Waals surface area (Å²) in [5.74, 6) is 0.781. The first kappa shape index (κ1) is 30.6. The molecular formula is C34H30N6O2S3. The van der Waals surface area contributed by atoms with Crippen LogP contribution in [-0.2, 0) is 16.6 Å². The molecule has 2 heterocycles. The van der Waals surface area contributed by atoms with Gasteiger partial charge in [0, 0.05) is 18.3 Å². The molecule has 2 amide bonds. The minimum Gasteiger partial charge on any atom is -0.344 e. The first-order chi connectivity index (χ1) is 21.9. The van der Waals surface area contributed by atoms with E-state index in [2.05, 4.69) is 20.8 Å². The van der Waals surface area contributed by atoms with Crippen molar-refractivity contribution in [1.82, 2.24) is 25.1 Å². The van der Waals surface area contributed by atoms with Crippen LogP contribution >= 0.6 is 34.9 Å². The largest absolute Gasteiger partial charge is 0.344 e. The maximum atomic E-state index is 13.1. The Bertz CT molecular complexity index is 1870. The Labute approximate surface area is 273 Å². The van der Waals surface area contributed by atoms with E-state index in [4.69, 9.17) is 4.98 Å². The lowest BCUT2D eigenvalue weighted by Gasteiger charge is -2.19. The third-order valence-corrected chi connectivity index (χ3v) is 10.3. The van der Waals surface area contributed by atoms with Crippen LogP contribution in [0.5, 0.6) is 0 Å². The number of benzene rings is 4. The van der Waals surface area contributed by atoms with Crippen molar-refractivity contribution >= 4 is 62.6 Å². The summed E-state index contributed by atoms with van der Waals surface area (Å²) in [4.78, 5) is 30.8. The fourth-order valence-corrected chi connectivity index (χ4v) is 7.47. The zero-order chi connectivity index (χ0) is 31.2. The topological polar surface area (TPSA) is 102 Å². The molecule has 0 unspecified atom stereocenters. The number of thioether (sulfide) groups is 2. The van der Waals surface area contributed by atoms with Crippen LogP contribution < -0.4 is 10.6 Å². The molecule has 1 atom stereocenters. The highest BCUT2D eigenvalue weighted by Gasteiger charge is 2.21. The van der Waals surface area contributed by atoms with Crippen molar-refractivity contribution in [3.8, 4) is 11.4 Å². The summed E-state index contributed by atoms with van der Waals surface area (Å²) in [6.45, 7) is 1.85. The molecule has 6 aromatic rings. The van der Waals surface area contributed by atoms with Gasteiger partial charge in [0.2, 0.25) is 11.8 Å².